The van der Waals surface area contributed by atoms with Crippen molar-refractivity contribution in [3.63, 3.8) is 0 Å². The molecule has 3 heteroatoms. The Labute approximate surface area is 122 Å². The molecule has 0 unspecified atom stereocenters. The van der Waals surface area contributed by atoms with Crippen LogP contribution in [0.5, 0.6) is 0 Å². The molecule has 0 spiro atoms. The van der Waals surface area contributed by atoms with Gasteiger partial charge in [0.2, 0.25) is 0 Å². The number of fused-ring (bicyclic) bond motifs is 1. The first-order chi connectivity index (χ1) is 9.78. The number of hydrogen-bond acceptors (Lipinski definition) is 3. The molecule has 0 saturated heterocycles. The number of aryl methyl sites for hydroxylation is 1. The minimum Gasteiger partial charge on any atom is -0.396 e. The predicted octanol–water partition coefficient (Wildman–Crippen LogP) is 3.73. The highest BCUT2D eigenvalue weighted by Crippen LogP contribution is 2.25. The highest BCUT2D eigenvalue weighted by molar-refractivity contribution is 7.11. The molecule has 0 bridgehead atoms. The molecule has 0 fully saturated rings. The summed E-state index contributed by atoms with van der Waals surface area (Å²) in [6, 6.07) is 14.9. The third-order valence-corrected chi connectivity index (χ3v) is 4.71. The molecule has 20 heavy (non-hydrogen) atoms. The second kappa shape index (κ2) is 5.73. The van der Waals surface area contributed by atoms with Crippen molar-refractivity contribution in [2.75, 3.05) is 6.61 Å². The van der Waals surface area contributed by atoms with Gasteiger partial charge in [0, 0.05) is 24.3 Å². The number of aliphatic hydroxyl groups is 1. The fourth-order valence-electron chi connectivity index (χ4n) is 2.51. The van der Waals surface area contributed by atoms with E-state index in [-0.39, 0.29) is 6.61 Å². The Morgan fingerprint density at radius 1 is 1.10 bits per heavy atom. The van der Waals surface area contributed by atoms with Crippen molar-refractivity contribution in [3.8, 4) is 0 Å². The van der Waals surface area contributed by atoms with Crippen molar-refractivity contribution >= 4 is 22.1 Å². The third kappa shape index (κ3) is 2.60. The summed E-state index contributed by atoms with van der Waals surface area (Å²) in [7, 11) is 0. The monoisotopic (exact) mass is 283 g/mol. The van der Waals surface area contributed by atoms with Gasteiger partial charge in [-0.05, 0) is 23.3 Å². The zero-order valence-electron chi connectivity index (χ0n) is 11.5. The fraction of sp³-hybridized carbons (Fsp3) is 0.235. The summed E-state index contributed by atoms with van der Waals surface area (Å²) in [5.41, 5.74) is 2.37. The van der Waals surface area contributed by atoms with E-state index in [1.807, 2.05) is 6.92 Å². The minimum atomic E-state index is 0.191. The van der Waals surface area contributed by atoms with Crippen LogP contribution in [0.4, 0.5) is 0 Å². The molecule has 0 aliphatic heterocycles. The SMILES string of the molecule is Cc1nc(Cc2cccc3ccccc23)sc1CCO. The van der Waals surface area contributed by atoms with E-state index < -0.39 is 0 Å². The fourth-order valence-corrected chi connectivity index (χ4v) is 3.59. The normalized spacial score (nSPS) is 11.1. The summed E-state index contributed by atoms with van der Waals surface area (Å²) in [6.07, 6.45) is 1.57. The van der Waals surface area contributed by atoms with Gasteiger partial charge in [-0.1, -0.05) is 42.5 Å². The molecule has 102 valence electrons. The number of thiazole rings is 1. The van der Waals surface area contributed by atoms with Gasteiger partial charge in [0.1, 0.15) is 0 Å². The summed E-state index contributed by atoms with van der Waals surface area (Å²) in [5, 5.41) is 12.8. The Morgan fingerprint density at radius 3 is 2.75 bits per heavy atom. The molecule has 2 aromatic carbocycles. The average molecular weight is 283 g/mol. The molecule has 2 nitrogen and oxygen atoms in total. The van der Waals surface area contributed by atoms with Gasteiger partial charge >= 0.3 is 0 Å². The van der Waals surface area contributed by atoms with Gasteiger partial charge in [-0.3, -0.25) is 0 Å². The van der Waals surface area contributed by atoms with Crippen LogP contribution in [0.1, 0.15) is 21.1 Å². The first-order valence-electron chi connectivity index (χ1n) is 6.80. The van der Waals surface area contributed by atoms with Crippen LogP contribution >= 0.6 is 11.3 Å². The van der Waals surface area contributed by atoms with E-state index in [1.54, 1.807) is 11.3 Å². The summed E-state index contributed by atoms with van der Waals surface area (Å²) in [5.74, 6) is 0. The zero-order chi connectivity index (χ0) is 13.9. The number of nitrogens with zero attached hydrogens (tertiary/aromatic N) is 1. The molecular formula is C17H17NOS. The molecule has 0 atom stereocenters. The van der Waals surface area contributed by atoms with Crippen LogP contribution in [0.15, 0.2) is 42.5 Å². The van der Waals surface area contributed by atoms with E-state index >= 15 is 0 Å². The highest BCUT2D eigenvalue weighted by atomic mass is 32.1. The van der Waals surface area contributed by atoms with Crippen molar-refractivity contribution < 1.29 is 5.11 Å². The number of aromatic nitrogens is 1. The molecule has 1 aromatic heterocycles. The van der Waals surface area contributed by atoms with Gasteiger partial charge in [0.15, 0.2) is 0 Å². The lowest BCUT2D eigenvalue weighted by Gasteiger charge is -2.04. The number of hydrogen-bond donors (Lipinski definition) is 1. The molecular weight excluding hydrogens is 266 g/mol. The molecule has 0 aliphatic rings. The quantitative estimate of drug-likeness (QED) is 0.791. The van der Waals surface area contributed by atoms with Crippen LogP contribution in [0, 0.1) is 6.92 Å². The van der Waals surface area contributed by atoms with Crippen molar-refractivity contribution in [2.45, 2.75) is 19.8 Å². The molecule has 0 aliphatic carbocycles. The van der Waals surface area contributed by atoms with Crippen molar-refractivity contribution in [1.82, 2.24) is 4.98 Å². The summed E-state index contributed by atoms with van der Waals surface area (Å²) in [6.45, 7) is 2.21. The van der Waals surface area contributed by atoms with Crippen molar-refractivity contribution in [3.05, 3.63) is 63.6 Å². The van der Waals surface area contributed by atoms with Crippen LogP contribution in [0.3, 0.4) is 0 Å². The number of aliphatic hydroxyl groups excluding tert-OH is 1. The largest absolute Gasteiger partial charge is 0.396 e. The predicted molar refractivity (Wildman–Crippen MR) is 84.4 cm³/mol. The Bertz CT molecular complexity index is 727. The molecule has 0 radical (unpaired) electrons. The maximum absolute atomic E-state index is 9.06. The van der Waals surface area contributed by atoms with Crippen molar-refractivity contribution in [1.29, 1.82) is 0 Å². The topological polar surface area (TPSA) is 33.1 Å². The lowest BCUT2D eigenvalue weighted by molar-refractivity contribution is 0.300. The minimum absolute atomic E-state index is 0.191. The van der Waals surface area contributed by atoms with Gasteiger partial charge in [-0.15, -0.1) is 11.3 Å². The second-order valence-electron chi connectivity index (χ2n) is 4.90. The number of benzene rings is 2. The Hall–Kier alpha value is -1.71. The van der Waals surface area contributed by atoms with Gasteiger partial charge in [-0.25, -0.2) is 4.98 Å². The third-order valence-electron chi connectivity index (χ3n) is 3.50. The van der Waals surface area contributed by atoms with Gasteiger partial charge in [0.05, 0.1) is 10.7 Å². The summed E-state index contributed by atoms with van der Waals surface area (Å²) in [4.78, 5) is 5.84. The van der Waals surface area contributed by atoms with Crippen LogP contribution in [0.2, 0.25) is 0 Å². The Kier molecular flexibility index (Phi) is 3.81. The standard InChI is InChI=1S/C17H17NOS/c1-12-16(9-10-19)20-17(18-12)11-14-7-4-6-13-5-2-3-8-15(13)14/h2-8,19H,9-11H2,1H3. The molecule has 0 amide bonds. The first kappa shape index (κ1) is 13.3. The van der Waals surface area contributed by atoms with Crippen LogP contribution in [0.25, 0.3) is 10.8 Å². The first-order valence-corrected chi connectivity index (χ1v) is 7.62. The zero-order valence-corrected chi connectivity index (χ0v) is 12.3. The number of rotatable bonds is 4. The van der Waals surface area contributed by atoms with E-state index in [4.69, 9.17) is 5.11 Å². The lowest BCUT2D eigenvalue weighted by Crippen LogP contribution is -1.89. The lowest BCUT2D eigenvalue weighted by atomic mass is 10.0. The smallest absolute Gasteiger partial charge is 0.0975 e. The van der Waals surface area contributed by atoms with Crippen LogP contribution < -0.4 is 0 Å². The molecule has 1 N–H and O–H groups in total. The molecule has 0 saturated carbocycles. The van der Waals surface area contributed by atoms with Gasteiger partial charge in [-0.2, -0.15) is 0 Å². The maximum Gasteiger partial charge on any atom is 0.0975 e. The molecule has 3 rings (SSSR count). The average Bonchev–Trinajstić information content (AvgIpc) is 2.80. The summed E-state index contributed by atoms with van der Waals surface area (Å²) < 4.78 is 0. The Balaban J connectivity index is 1.95. The van der Waals surface area contributed by atoms with E-state index in [9.17, 15) is 0 Å². The van der Waals surface area contributed by atoms with Crippen LogP contribution in [-0.2, 0) is 12.8 Å². The van der Waals surface area contributed by atoms with E-state index in [2.05, 4.69) is 47.4 Å². The Morgan fingerprint density at radius 2 is 1.90 bits per heavy atom. The molecule has 1 heterocycles. The van der Waals surface area contributed by atoms with Gasteiger partial charge in [0.25, 0.3) is 0 Å². The van der Waals surface area contributed by atoms with E-state index in [0.717, 1.165) is 17.1 Å². The van der Waals surface area contributed by atoms with Crippen molar-refractivity contribution in [2.24, 2.45) is 0 Å². The van der Waals surface area contributed by atoms with Crippen LogP contribution in [-0.4, -0.2) is 16.7 Å². The van der Waals surface area contributed by atoms with Gasteiger partial charge < -0.3 is 5.11 Å². The maximum atomic E-state index is 9.06. The summed E-state index contributed by atoms with van der Waals surface area (Å²) >= 11 is 1.72. The van der Waals surface area contributed by atoms with E-state index in [0.29, 0.717) is 6.42 Å². The van der Waals surface area contributed by atoms with E-state index in [1.165, 1.54) is 21.2 Å². The second-order valence-corrected chi connectivity index (χ2v) is 6.07. The highest BCUT2D eigenvalue weighted by Gasteiger charge is 2.09. The molecule has 3 aromatic rings.